The summed E-state index contributed by atoms with van der Waals surface area (Å²) in [4.78, 5) is 27.0. The SMILES string of the molecule is COC(=O)c1ccc(Oc2cccc(OCCNC(=O)OC(C)(C)C)c2)nc1. The Morgan fingerprint density at radius 3 is 2.50 bits per heavy atom. The van der Waals surface area contributed by atoms with Crippen LogP contribution in [0, 0.1) is 0 Å². The van der Waals surface area contributed by atoms with Gasteiger partial charge in [-0.25, -0.2) is 14.6 Å². The lowest BCUT2D eigenvalue weighted by Crippen LogP contribution is -2.34. The Balaban J connectivity index is 1.83. The Morgan fingerprint density at radius 1 is 1.11 bits per heavy atom. The first-order valence-electron chi connectivity index (χ1n) is 8.69. The number of esters is 1. The van der Waals surface area contributed by atoms with Gasteiger partial charge in [0.25, 0.3) is 0 Å². The zero-order chi connectivity index (χ0) is 20.6. The van der Waals surface area contributed by atoms with Gasteiger partial charge in [-0.2, -0.15) is 0 Å². The molecule has 1 aromatic heterocycles. The minimum Gasteiger partial charge on any atom is -0.492 e. The minimum absolute atomic E-state index is 0.273. The number of carbonyl (C=O) groups excluding carboxylic acids is 2. The van der Waals surface area contributed by atoms with E-state index in [4.69, 9.17) is 14.2 Å². The van der Waals surface area contributed by atoms with E-state index < -0.39 is 17.7 Å². The van der Waals surface area contributed by atoms with Gasteiger partial charge >= 0.3 is 12.1 Å². The summed E-state index contributed by atoms with van der Waals surface area (Å²) >= 11 is 0. The molecule has 1 N–H and O–H groups in total. The second-order valence-electron chi connectivity index (χ2n) is 6.73. The van der Waals surface area contributed by atoms with Gasteiger partial charge in [0.05, 0.1) is 19.2 Å². The van der Waals surface area contributed by atoms with Crippen LogP contribution < -0.4 is 14.8 Å². The van der Waals surface area contributed by atoms with Crippen LogP contribution >= 0.6 is 0 Å². The van der Waals surface area contributed by atoms with E-state index in [1.54, 1.807) is 57.2 Å². The maximum Gasteiger partial charge on any atom is 0.407 e. The number of pyridine rings is 1. The molecule has 8 heteroatoms. The molecule has 0 aliphatic heterocycles. The molecule has 0 aliphatic rings. The average molecular weight is 388 g/mol. The van der Waals surface area contributed by atoms with Crippen molar-refractivity contribution < 1.29 is 28.5 Å². The first-order chi connectivity index (χ1) is 13.3. The highest BCUT2D eigenvalue weighted by Gasteiger charge is 2.15. The number of hydrogen-bond donors (Lipinski definition) is 1. The van der Waals surface area contributed by atoms with E-state index in [0.717, 1.165) is 0 Å². The fourth-order valence-corrected chi connectivity index (χ4v) is 2.06. The maximum absolute atomic E-state index is 11.6. The summed E-state index contributed by atoms with van der Waals surface area (Å²) in [6.45, 7) is 5.97. The lowest BCUT2D eigenvalue weighted by atomic mass is 10.2. The van der Waals surface area contributed by atoms with Gasteiger partial charge in [-0.05, 0) is 39.0 Å². The number of ether oxygens (including phenoxy) is 4. The van der Waals surface area contributed by atoms with Crippen molar-refractivity contribution in [2.45, 2.75) is 26.4 Å². The minimum atomic E-state index is -0.542. The highest BCUT2D eigenvalue weighted by Crippen LogP contribution is 2.24. The van der Waals surface area contributed by atoms with Gasteiger partial charge in [-0.1, -0.05) is 6.07 Å². The number of nitrogens with one attached hydrogen (secondary N) is 1. The molecule has 2 rings (SSSR count). The number of benzene rings is 1. The highest BCUT2D eigenvalue weighted by molar-refractivity contribution is 5.88. The third kappa shape index (κ3) is 7.14. The van der Waals surface area contributed by atoms with Crippen molar-refractivity contribution >= 4 is 12.1 Å². The van der Waals surface area contributed by atoms with Crippen LogP contribution in [0.15, 0.2) is 42.6 Å². The summed E-state index contributed by atoms with van der Waals surface area (Å²) in [6, 6.07) is 10.1. The van der Waals surface area contributed by atoms with Crippen LogP contribution in [0.1, 0.15) is 31.1 Å². The first-order valence-corrected chi connectivity index (χ1v) is 8.69. The number of hydrogen-bond acceptors (Lipinski definition) is 7. The summed E-state index contributed by atoms with van der Waals surface area (Å²) in [5, 5.41) is 2.62. The number of alkyl carbamates (subject to hydrolysis) is 1. The predicted octanol–water partition coefficient (Wildman–Crippen LogP) is 3.56. The third-order valence-electron chi connectivity index (χ3n) is 3.22. The van der Waals surface area contributed by atoms with E-state index in [9.17, 15) is 9.59 Å². The quantitative estimate of drug-likeness (QED) is 0.572. The Hall–Kier alpha value is -3.29. The standard InChI is InChI=1S/C20H24N2O6/c1-20(2,3)28-19(24)21-10-11-26-15-6-5-7-16(12-15)27-17-9-8-14(13-22-17)18(23)25-4/h5-9,12-13H,10-11H2,1-4H3,(H,21,24). The summed E-state index contributed by atoms with van der Waals surface area (Å²) in [5.74, 6) is 0.969. The van der Waals surface area contributed by atoms with Gasteiger partial charge in [-0.15, -0.1) is 0 Å². The second-order valence-corrected chi connectivity index (χ2v) is 6.73. The largest absolute Gasteiger partial charge is 0.492 e. The van der Waals surface area contributed by atoms with E-state index in [1.807, 2.05) is 0 Å². The highest BCUT2D eigenvalue weighted by atomic mass is 16.6. The molecule has 1 heterocycles. The van der Waals surface area contributed by atoms with Gasteiger partial charge in [0, 0.05) is 18.3 Å². The van der Waals surface area contributed by atoms with E-state index >= 15 is 0 Å². The molecule has 2 aromatic rings. The monoisotopic (exact) mass is 388 g/mol. The molecule has 0 fully saturated rings. The molecule has 0 atom stereocenters. The summed E-state index contributed by atoms with van der Waals surface area (Å²) in [6.07, 6.45) is 0.888. The number of aromatic nitrogens is 1. The molecule has 0 aliphatic carbocycles. The number of nitrogens with zero attached hydrogens (tertiary/aromatic N) is 1. The molecule has 0 unspecified atom stereocenters. The van der Waals surface area contributed by atoms with E-state index in [1.165, 1.54) is 13.3 Å². The fraction of sp³-hybridized carbons (Fsp3) is 0.350. The Labute approximate surface area is 163 Å². The number of carbonyl (C=O) groups is 2. The number of amides is 1. The van der Waals surface area contributed by atoms with Crippen molar-refractivity contribution in [3.8, 4) is 17.4 Å². The molecule has 1 aromatic carbocycles. The third-order valence-corrected chi connectivity index (χ3v) is 3.22. The van der Waals surface area contributed by atoms with Gasteiger partial charge in [-0.3, -0.25) is 0 Å². The molecular formula is C20H24N2O6. The van der Waals surface area contributed by atoms with E-state index in [2.05, 4.69) is 15.0 Å². The summed E-state index contributed by atoms with van der Waals surface area (Å²) in [7, 11) is 1.31. The second kappa shape index (κ2) is 9.59. The zero-order valence-corrected chi connectivity index (χ0v) is 16.4. The van der Waals surface area contributed by atoms with Crippen molar-refractivity contribution in [2.24, 2.45) is 0 Å². The summed E-state index contributed by atoms with van der Waals surface area (Å²) in [5.41, 5.74) is -0.205. The van der Waals surface area contributed by atoms with Crippen LogP contribution in [-0.4, -0.2) is 42.9 Å². The van der Waals surface area contributed by atoms with Crippen molar-refractivity contribution in [3.63, 3.8) is 0 Å². The zero-order valence-electron chi connectivity index (χ0n) is 16.4. The van der Waals surface area contributed by atoms with Crippen LogP contribution in [0.3, 0.4) is 0 Å². The predicted molar refractivity (Wildman–Crippen MR) is 102 cm³/mol. The van der Waals surface area contributed by atoms with Gasteiger partial charge < -0.3 is 24.3 Å². The molecule has 0 bridgehead atoms. The van der Waals surface area contributed by atoms with Crippen molar-refractivity contribution in [1.29, 1.82) is 0 Å². The van der Waals surface area contributed by atoms with E-state index in [-0.39, 0.29) is 6.61 Å². The average Bonchev–Trinajstić information content (AvgIpc) is 2.64. The van der Waals surface area contributed by atoms with E-state index in [0.29, 0.717) is 29.5 Å². The van der Waals surface area contributed by atoms with Gasteiger partial charge in [0.15, 0.2) is 0 Å². The molecular weight excluding hydrogens is 364 g/mol. The molecule has 8 nitrogen and oxygen atoms in total. The molecule has 150 valence electrons. The van der Waals surface area contributed by atoms with Crippen LogP contribution in [0.4, 0.5) is 4.79 Å². The molecule has 0 saturated carbocycles. The topological polar surface area (TPSA) is 96.0 Å². The van der Waals surface area contributed by atoms with Gasteiger partial charge in [0.1, 0.15) is 23.7 Å². The van der Waals surface area contributed by atoms with Crippen LogP contribution in [-0.2, 0) is 9.47 Å². The van der Waals surface area contributed by atoms with Gasteiger partial charge in [0.2, 0.25) is 5.88 Å². The number of rotatable bonds is 7. The van der Waals surface area contributed by atoms with Crippen LogP contribution in [0.2, 0.25) is 0 Å². The molecule has 28 heavy (non-hydrogen) atoms. The molecule has 0 spiro atoms. The molecule has 0 radical (unpaired) electrons. The van der Waals surface area contributed by atoms with Crippen LogP contribution in [0.25, 0.3) is 0 Å². The normalized spacial score (nSPS) is 10.7. The fourth-order valence-electron chi connectivity index (χ4n) is 2.06. The first kappa shape index (κ1) is 21.0. The number of methoxy groups -OCH3 is 1. The van der Waals surface area contributed by atoms with Crippen molar-refractivity contribution in [3.05, 3.63) is 48.2 Å². The Kier molecular flexibility index (Phi) is 7.20. The Bertz CT molecular complexity index is 799. The molecule has 0 saturated heterocycles. The lowest BCUT2D eigenvalue weighted by Gasteiger charge is -2.19. The van der Waals surface area contributed by atoms with Crippen molar-refractivity contribution in [2.75, 3.05) is 20.3 Å². The smallest absolute Gasteiger partial charge is 0.407 e. The maximum atomic E-state index is 11.6. The molecule has 1 amide bonds. The summed E-state index contributed by atoms with van der Waals surface area (Å²) < 4.78 is 21.0. The van der Waals surface area contributed by atoms with Crippen molar-refractivity contribution in [1.82, 2.24) is 10.3 Å². The Morgan fingerprint density at radius 2 is 1.86 bits per heavy atom. The van der Waals surface area contributed by atoms with Crippen LogP contribution in [0.5, 0.6) is 17.4 Å². The lowest BCUT2D eigenvalue weighted by molar-refractivity contribution is 0.0519.